The summed E-state index contributed by atoms with van der Waals surface area (Å²) in [4.78, 5) is 23.6. The summed E-state index contributed by atoms with van der Waals surface area (Å²) in [6.45, 7) is 0. The molecule has 1 aliphatic carbocycles. The van der Waals surface area contributed by atoms with Gasteiger partial charge in [-0.15, -0.1) is 0 Å². The number of rotatable bonds is 9. The largest absolute Gasteiger partial charge is 0.488 e. The van der Waals surface area contributed by atoms with E-state index in [0.717, 1.165) is 31.2 Å². The zero-order chi connectivity index (χ0) is 26.9. The van der Waals surface area contributed by atoms with Crippen molar-refractivity contribution < 1.29 is 28.9 Å². The minimum Gasteiger partial charge on any atom is -0.488 e. The maximum Gasteiger partial charge on any atom is 0.407 e. The Morgan fingerprint density at radius 2 is 1.55 bits per heavy atom. The third-order valence-corrected chi connectivity index (χ3v) is 6.50. The number of anilines is 1. The van der Waals surface area contributed by atoms with Crippen LogP contribution in [0.4, 0.5) is 10.5 Å². The van der Waals surface area contributed by atoms with Crippen molar-refractivity contribution in [1.82, 2.24) is 5.32 Å². The molecule has 0 spiro atoms. The van der Waals surface area contributed by atoms with Crippen LogP contribution in [0.3, 0.4) is 0 Å². The van der Waals surface area contributed by atoms with Crippen LogP contribution in [0, 0.1) is 0 Å². The van der Waals surface area contributed by atoms with Crippen molar-refractivity contribution in [1.29, 1.82) is 0 Å². The molecule has 0 saturated heterocycles. The number of aromatic carboxylic acids is 1. The quantitative estimate of drug-likeness (QED) is 0.279. The molecule has 3 aromatic rings. The number of nitrogens with one attached hydrogen (secondary N) is 2. The highest BCUT2D eigenvalue weighted by molar-refractivity contribution is 7.80. The average molecular weight is 535 g/mol. The Balaban J connectivity index is 1.30. The average Bonchev–Trinajstić information content (AvgIpc) is 2.92. The first-order valence-electron chi connectivity index (χ1n) is 12.4. The number of carbonyl (C=O) groups excluding carboxylic acids is 1. The van der Waals surface area contributed by atoms with Crippen LogP contribution in [0.2, 0.25) is 0 Å². The Kier molecular flexibility index (Phi) is 9.16. The van der Waals surface area contributed by atoms with Crippen molar-refractivity contribution in [3.63, 3.8) is 0 Å². The minimum absolute atomic E-state index is 0.0827. The van der Waals surface area contributed by atoms with Gasteiger partial charge in [0.1, 0.15) is 23.4 Å². The van der Waals surface area contributed by atoms with Gasteiger partial charge >= 0.3 is 12.1 Å². The van der Waals surface area contributed by atoms with E-state index in [1.807, 2.05) is 48.5 Å². The van der Waals surface area contributed by atoms with Crippen LogP contribution in [0.25, 0.3) is 0 Å². The van der Waals surface area contributed by atoms with Gasteiger partial charge in [-0.25, -0.2) is 9.59 Å². The number of hydrogen-bond acceptors (Lipinski definition) is 6. The summed E-state index contributed by atoms with van der Waals surface area (Å²) in [5.74, 6) is 1.04. The molecule has 0 radical (unpaired) electrons. The Morgan fingerprint density at radius 3 is 2.24 bits per heavy atom. The molecule has 1 amide bonds. The molecule has 0 bridgehead atoms. The highest BCUT2D eigenvalue weighted by Gasteiger charge is 2.28. The van der Waals surface area contributed by atoms with E-state index in [2.05, 4.69) is 10.6 Å². The van der Waals surface area contributed by atoms with E-state index in [1.54, 1.807) is 18.2 Å². The van der Waals surface area contributed by atoms with Crippen LogP contribution in [-0.4, -0.2) is 41.4 Å². The molecule has 1 aliphatic rings. The predicted octanol–water partition coefficient (Wildman–Crippen LogP) is 6.21. The van der Waals surface area contributed by atoms with E-state index >= 15 is 0 Å². The highest BCUT2D eigenvalue weighted by Crippen LogP contribution is 2.28. The number of amides is 1. The summed E-state index contributed by atoms with van der Waals surface area (Å²) in [5.41, 5.74) is 1.61. The third kappa shape index (κ3) is 7.45. The van der Waals surface area contributed by atoms with Crippen LogP contribution >= 0.6 is 12.2 Å². The highest BCUT2D eigenvalue weighted by atomic mass is 32.1. The summed E-state index contributed by atoms with van der Waals surface area (Å²) in [6, 6.07) is 21.5. The van der Waals surface area contributed by atoms with Gasteiger partial charge in [0.05, 0.1) is 29.4 Å². The first kappa shape index (κ1) is 26.9. The number of thiocarbonyl (C=S) groups is 1. The molecule has 0 heterocycles. The molecule has 3 N–H and O–H groups in total. The summed E-state index contributed by atoms with van der Waals surface area (Å²) in [5, 5.41) is 15.2. The molecule has 8 nitrogen and oxygen atoms in total. The van der Waals surface area contributed by atoms with E-state index < -0.39 is 12.1 Å². The topological polar surface area (TPSA) is 106 Å². The normalized spacial score (nSPS) is 16.7. The lowest BCUT2D eigenvalue weighted by atomic mass is 9.92. The molecule has 4 rings (SSSR count). The lowest BCUT2D eigenvalue weighted by Crippen LogP contribution is -2.47. The summed E-state index contributed by atoms with van der Waals surface area (Å²) < 4.78 is 16.9. The fourth-order valence-electron chi connectivity index (χ4n) is 4.34. The van der Waals surface area contributed by atoms with Crippen LogP contribution in [0.15, 0.2) is 72.8 Å². The van der Waals surface area contributed by atoms with E-state index in [4.69, 9.17) is 26.4 Å². The molecule has 1 saturated carbocycles. The van der Waals surface area contributed by atoms with E-state index in [-0.39, 0.29) is 17.7 Å². The fraction of sp³-hybridized carbons (Fsp3) is 0.276. The second-order valence-corrected chi connectivity index (χ2v) is 9.47. The third-order valence-electron chi connectivity index (χ3n) is 6.26. The Morgan fingerprint density at radius 1 is 0.921 bits per heavy atom. The summed E-state index contributed by atoms with van der Waals surface area (Å²) >= 11 is 5.43. The summed E-state index contributed by atoms with van der Waals surface area (Å²) in [7, 11) is 1.36. The molecule has 2 atom stereocenters. The van der Waals surface area contributed by atoms with Gasteiger partial charge in [-0.1, -0.05) is 42.9 Å². The minimum atomic E-state index is -1.01. The van der Waals surface area contributed by atoms with Crippen LogP contribution in [0.5, 0.6) is 17.2 Å². The zero-order valence-corrected chi connectivity index (χ0v) is 21.8. The first-order valence-corrected chi connectivity index (χ1v) is 12.8. The number of para-hydroxylation sites is 1. The molecule has 0 aliphatic heterocycles. The van der Waals surface area contributed by atoms with Crippen LogP contribution < -0.4 is 20.1 Å². The lowest BCUT2D eigenvalue weighted by Gasteiger charge is -2.32. The lowest BCUT2D eigenvalue weighted by molar-refractivity contribution is 0.0698. The molecular weight excluding hydrogens is 504 g/mol. The number of ether oxygens (including phenoxy) is 3. The van der Waals surface area contributed by atoms with Crippen molar-refractivity contribution in [3.8, 4) is 17.2 Å². The number of hydrogen-bond donors (Lipinski definition) is 3. The van der Waals surface area contributed by atoms with Gasteiger partial charge in [0.2, 0.25) is 0 Å². The van der Waals surface area contributed by atoms with Crippen molar-refractivity contribution in [2.45, 2.75) is 44.2 Å². The molecule has 198 valence electrons. The van der Waals surface area contributed by atoms with Gasteiger partial charge in [0, 0.05) is 6.42 Å². The van der Waals surface area contributed by atoms with Gasteiger partial charge in [-0.3, -0.25) is 0 Å². The monoisotopic (exact) mass is 534 g/mol. The van der Waals surface area contributed by atoms with E-state index in [1.165, 1.54) is 13.2 Å². The Bertz CT molecular complexity index is 1260. The molecule has 9 heteroatoms. The van der Waals surface area contributed by atoms with E-state index in [0.29, 0.717) is 34.3 Å². The van der Waals surface area contributed by atoms with Gasteiger partial charge < -0.3 is 30.0 Å². The Labute approximate surface area is 226 Å². The maximum absolute atomic E-state index is 11.6. The van der Waals surface area contributed by atoms with Crippen molar-refractivity contribution in [2.24, 2.45) is 0 Å². The standard InChI is InChI=1S/C29H30N2O6S/c1-35-29(34)31-25-8-4-5-9-26(25)37-22-16-14-21(15-17-22)36-20-12-10-19(11-13-20)18-27(38)30-24-7-3-2-6-23(24)28(32)33/h2-3,6-7,10-17,25-26H,4-5,8-9,18H2,1H3,(H,30,38)(H,31,34)(H,32,33). The van der Waals surface area contributed by atoms with Crippen LogP contribution in [0.1, 0.15) is 41.6 Å². The molecule has 3 aromatic carbocycles. The molecule has 2 unspecified atom stereocenters. The number of benzene rings is 3. The van der Waals surface area contributed by atoms with Gasteiger partial charge in [-0.05, 0) is 73.4 Å². The van der Waals surface area contributed by atoms with Gasteiger partial charge in [0.25, 0.3) is 0 Å². The SMILES string of the molecule is COC(=O)NC1CCCCC1Oc1ccc(Oc2ccc(CC(=S)Nc3ccccc3C(=O)O)cc2)cc1. The molecule has 0 aromatic heterocycles. The van der Waals surface area contributed by atoms with Crippen molar-refractivity contribution in [3.05, 3.63) is 83.9 Å². The molecule has 38 heavy (non-hydrogen) atoms. The van der Waals surface area contributed by atoms with Gasteiger partial charge in [0.15, 0.2) is 0 Å². The summed E-state index contributed by atoms with van der Waals surface area (Å²) in [6.07, 6.45) is 3.72. The maximum atomic E-state index is 11.6. The molecular formula is C29H30N2O6S. The number of carboxylic acid groups (broad SMARTS) is 1. The smallest absolute Gasteiger partial charge is 0.407 e. The second-order valence-electron chi connectivity index (χ2n) is 8.98. The first-order chi connectivity index (χ1) is 18.4. The number of carbonyl (C=O) groups is 2. The Hall–Kier alpha value is -4.11. The molecule has 1 fully saturated rings. The fourth-order valence-corrected chi connectivity index (χ4v) is 4.62. The van der Waals surface area contributed by atoms with E-state index in [9.17, 15) is 14.7 Å². The predicted molar refractivity (Wildman–Crippen MR) is 148 cm³/mol. The van der Waals surface area contributed by atoms with Crippen molar-refractivity contribution in [2.75, 3.05) is 12.4 Å². The number of alkyl carbamates (subject to hydrolysis) is 1. The number of methoxy groups -OCH3 is 1. The van der Waals surface area contributed by atoms with Gasteiger partial charge in [-0.2, -0.15) is 0 Å². The number of carboxylic acids is 1. The van der Waals surface area contributed by atoms with Crippen LogP contribution in [-0.2, 0) is 11.2 Å². The second kappa shape index (κ2) is 12.9. The zero-order valence-electron chi connectivity index (χ0n) is 21.0. The van der Waals surface area contributed by atoms with Crippen molar-refractivity contribution >= 4 is 35.0 Å².